The van der Waals surface area contributed by atoms with Crippen LogP contribution >= 0.6 is 11.8 Å². The van der Waals surface area contributed by atoms with Crippen molar-refractivity contribution in [3.63, 3.8) is 0 Å². The molecular weight excluding hydrogens is 248 g/mol. The lowest BCUT2D eigenvalue weighted by Crippen LogP contribution is -2.66. The summed E-state index contributed by atoms with van der Waals surface area (Å²) in [6, 6.07) is -0.363. The molecule has 2 rings (SSSR count). The number of thioether (sulfide) groups is 1. The summed E-state index contributed by atoms with van der Waals surface area (Å²) in [6.07, 6.45) is 2.36. The summed E-state index contributed by atoms with van der Waals surface area (Å²) in [5.74, 6) is -0.0429. The third-order valence-corrected chi connectivity index (χ3v) is 5.07. The van der Waals surface area contributed by atoms with Gasteiger partial charge in [-0.1, -0.05) is 19.9 Å². The van der Waals surface area contributed by atoms with Crippen molar-refractivity contribution in [1.82, 2.24) is 10.2 Å². The molecule has 0 aromatic carbocycles. The molecule has 5 heteroatoms. The van der Waals surface area contributed by atoms with Gasteiger partial charge in [0, 0.05) is 12.1 Å². The number of nitrogens with zero attached hydrogens (tertiary/aromatic N) is 1. The van der Waals surface area contributed by atoms with Crippen LogP contribution in [0.4, 0.5) is 0 Å². The molecule has 0 aromatic heterocycles. The first-order valence-corrected chi connectivity index (χ1v) is 7.26. The molecule has 4 nitrogen and oxygen atoms in total. The minimum Gasteiger partial charge on any atom is -0.342 e. The molecule has 2 aliphatic rings. The van der Waals surface area contributed by atoms with Crippen LogP contribution in [-0.2, 0) is 9.59 Å². The van der Waals surface area contributed by atoms with Crippen molar-refractivity contribution in [1.29, 1.82) is 0 Å². The fraction of sp³-hybridized carbons (Fsp3) is 0.692. The van der Waals surface area contributed by atoms with E-state index in [-0.39, 0.29) is 28.0 Å². The molecule has 2 aliphatic heterocycles. The summed E-state index contributed by atoms with van der Waals surface area (Å²) < 4.78 is -0.122. The predicted molar refractivity (Wildman–Crippen MR) is 72.9 cm³/mol. The highest BCUT2D eigenvalue weighted by Crippen LogP contribution is 2.52. The van der Waals surface area contributed by atoms with Crippen LogP contribution in [0, 0.1) is 0 Å². The summed E-state index contributed by atoms with van der Waals surface area (Å²) in [7, 11) is 0. The van der Waals surface area contributed by atoms with Crippen molar-refractivity contribution >= 4 is 23.6 Å². The Morgan fingerprint density at radius 1 is 1.56 bits per heavy atom. The Labute approximate surface area is 112 Å². The Bertz CT molecular complexity index is 406. The van der Waals surface area contributed by atoms with E-state index in [1.807, 2.05) is 6.92 Å². The van der Waals surface area contributed by atoms with Crippen LogP contribution < -0.4 is 5.32 Å². The highest BCUT2D eigenvalue weighted by molar-refractivity contribution is 8.01. The number of amides is 2. The fourth-order valence-electron chi connectivity index (χ4n) is 2.25. The smallest absolute Gasteiger partial charge is 0.253 e. The Hall–Kier alpha value is -0.970. The number of hydrogen-bond donors (Lipinski definition) is 1. The number of nitrogens with one attached hydrogen (secondary N) is 1. The van der Waals surface area contributed by atoms with Gasteiger partial charge in [-0.15, -0.1) is 11.8 Å². The average molecular weight is 268 g/mol. The number of rotatable bonds is 4. The summed E-state index contributed by atoms with van der Waals surface area (Å²) >= 11 is 1.69. The number of unbranched alkanes of at least 4 members (excludes halogenated alkanes) is 1. The normalized spacial score (nSPS) is 28.9. The van der Waals surface area contributed by atoms with E-state index in [4.69, 9.17) is 0 Å². The van der Waals surface area contributed by atoms with E-state index in [2.05, 4.69) is 25.7 Å². The summed E-state index contributed by atoms with van der Waals surface area (Å²) in [4.78, 5) is 25.4. The van der Waals surface area contributed by atoms with Crippen LogP contribution in [0.5, 0.6) is 0 Å². The molecule has 0 unspecified atom stereocenters. The van der Waals surface area contributed by atoms with Crippen molar-refractivity contribution in [3.8, 4) is 0 Å². The molecule has 1 N–H and O–H groups in total. The number of fused-ring (bicyclic) bond motifs is 1. The summed E-state index contributed by atoms with van der Waals surface area (Å²) in [5, 5.41) is 2.87. The van der Waals surface area contributed by atoms with Gasteiger partial charge in [-0.25, -0.2) is 0 Å². The highest BCUT2D eigenvalue weighted by Gasteiger charge is 2.58. The second kappa shape index (κ2) is 4.61. The van der Waals surface area contributed by atoms with E-state index in [0.29, 0.717) is 6.42 Å². The van der Waals surface area contributed by atoms with Crippen molar-refractivity contribution < 1.29 is 9.59 Å². The van der Waals surface area contributed by atoms with Crippen LogP contribution in [0.2, 0.25) is 0 Å². The van der Waals surface area contributed by atoms with Gasteiger partial charge < -0.3 is 5.32 Å². The zero-order valence-corrected chi connectivity index (χ0v) is 12.0. The second-order valence-corrected chi connectivity index (χ2v) is 7.06. The average Bonchev–Trinajstić information content (AvgIpc) is 2.52. The van der Waals surface area contributed by atoms with Gasteiger partial charge in [-0.2, -0.15) is 0 Å². The number of carbonyl (C=O) groups excluding carboxylic acids is 2. The Kier molecular flexibility index (Phi) is 3.45. The van der Waals surface area contributed by atoms with Crippen LogP contribution in [0.15, 0.2) is 12.3 Å². The van der Waals surface area contributed by atoms with Crippen molar-refractivity contribution in [2.75, 3.05) is 0 Å². The lowest BCUT2D eigenvalue weighted by Gasteiger charge is -2.41. The van der Waals surface area contributed by atoms with Crippen molar-refractivity contribution in [2.24, 2.45) is 0 Å². The molecular formula is C13H20N2O2S. The third kappa shape index (κ3) is 2.05. The van der Waals surface area contributed by atoms with Gasteiger partial charge in [0.15, 0.2) is 0 Å². The largest absolute Gasteiger partial charge is 0.342 e. The molecule has 2 amide bonds. The zero-order chi connectivity index (χ0) is 13.5. The van der Waals surface area contributed by atoms with Crippen LogP contribution in [0.1, 0.15) is 40.0 Å². The molecule has 0 radical (unpaired) electrons. The Balaban J connectivity index is 1.96. The van der Waals surface area contributed by atoms with Gasteiger partial charge >= 0.3 is 0 Å². The van der Waals surface area contributed by atoms with Crippen LogP contribution in [0.25, 0.3) is 0 Å². The minimum atomic E-state index is -0.363. The van der Waals surface area contributed by atoms with Crippen LogP contribution in [0.3, 0.4) is 0 Å². The predicted octanol–water partition coefficient (Wildman–Crippen LogP) is 1.87. The zero-order valence-electron chi connectivity index (χ0n) is 11.2. The molecule has 0 aromatic rings. The molecule has 0 bridgehead atoms. The first kappa shape index (κ1) is 13.5. The van der Waals surface area contributed by atoms with E-state index in [9.17, 15) is 9.59 Å². The van der Waals surface area contributed by atoms with Crippen LogP contribution in [-0.4, -0.2) is 32.9 Å². The maximum absolute atomic E-state index is 12.0. The van der Waals surface area contributed by atoms with Crippen molar-refractivity contribution in [3.05, 3.63) is 12.3 Å². The highest BCUT2D eigenvalue weighted by atomic mass is 32.2. The summed E-state index contributed by atoms with van der Waals surface area (Å²) in [5.41, 5.74) is 0.849. The van der Waals surface area contributed by atoms with E-state index in [1.54, 1.807) is 16.7 Å². The van der Waals surface area contributed by atoms with Gasteiger partial charge in [-0.3, -0.25) is 14.5 Å². The Morgan fingerprint density at radius 3 is 2.83 bits per heavy atom. The quantitative estimate of drug-likeness (QED) is 0.792. The van der Waals surface area contributed by atoms with Gasteiger partial charge in [-0.05, 0) is 20.3 Å². The minimum absolute atomic E-state index is 0.0204. The first-order valence-electron chi connectivity index (χ1n) is 6.38. The molecule has 2 saturated heterocycles. The summed E-state index contributed by atoms with van der Waals surface area (Å²) in [6.45, 7) is 10.1. The van der Waals surface area contributed by atoms with E-state index in [0.717, 1.165) is 18.5 Å². The standard InChI is InChI=1S/C13H20N2O2S/c1-5-6-7-9(16)14-10-11(17)15-8(2)13(3,4)18-12(10)15/h10,12H,2,5-7H2,1,3-4H3,(H,14,16)/t10-,12-/m1/s1. The monoisotopic (exact) mass is 268 g/mol. The molecule has 0 aliphatic carbocycles. The van der Waals surface area contributed by atoms with Gasteiger partial charge in [0.25, 0.3) is 5.91 Å². The fourth-order valence-corrected chi connectivity index (χ4v) is 3.74. The molecule has 2 atom stereocenters. The Morgan fingerprint density at radius 2 is 2.22 bits per heavy atom. The van der Waals surface area contributed by atoms with Gasteiger partial charge in [0.2, 0.25) is 5.91 Å². The van der Waals surface area contributed by atoms with Gasteiger partial charge in [0.05, 0.1) is 4.75 Å². The van der Waals surface area contributed by atoms with Gasteiger partial charge in [0.1, 0.15) is 11.4 Å². The van der Waals surface area contributed by atoms with Crippen molar-refractivity contribution in [2.45, 2.75) is 56.2 Å². The molecule has 0 spiro atoms. The molecule has 2 fully saturated rings. The van der Waals surface area contributed by atoms with E-state index in [1.165, 1.54) is 0 Å². The topological polar surface area (TPSA) is 49.4 Å². The number of β-lactam (4-membered cyclic amide) rings is 1. The number of carbonyl (C=O) groups is 2. The lowest BCUT2D eigenvalue weighted by atomic mass is 10.0. The lowest BCUT2D eigenvalue weighted by molar-refractivity contribution is -0.145. The molecule has 0 saturated carbocycles. The maximum atomic E-state index is 12.0. The van der Waals surface area contributed by atoms with E-state index >= 15 is 0 Å². The molecule has 18 heavy (non-hydrogen) atoms. The SMILES string of the molecule is C=C1N2C(=O)[C@@H](NC(=O)CCCC)[C@H]2SC1(C)C. The first-order chi connectivity index (χ1) is 8.38. The third-order valence-electron chi connectivity index (χ3n) is 3.52. The molecule has 100 valence electrons. The maximum Gasteiger partial charge on any atom is 0.253 e. The second-order valence-electron chi connectivity index (χ2n) is 5.32. The molecule has 2 heterocycles. The van der Waals surface area contributed by atoms with E-state index < -0.39 is 0 Å². The number of hydrogen-bond acceptors (Lipinski definition) is 3.